The fourth-order valence-corrected chi connectivity index (χ4v) is 2.87. The van der Waals surface area contributed by atoms with Gasteiger partial charge in [-0.2, -0.15) is 5.10 Å². The second-order valence-corrected chi connectivity index (χ2v) is 5.51. The molecule has 22 heavy (non-hydrogen) atoms. The summed E-state index contributed by atoms with van der Waals surface area (Å²) in [6.45, 7) is 5.12. The first-order valence-corrected chi connectivity index (χ1v) is 7.44. The second-order valence-electron chi connectivity index (χ2n) is 5.51. The molecule has 3 rings (SSSR count). The molecule has 0 saturated carbocycles. The molecule has 1 amide bonds. The minimum absolute atomic E-state index is 0.0974. The van der Waals surface area contributed by atoms with Crippen LogP contribution < -0.4 is 9.64 Å². The van der Waals surface area contributed by atoms with Crippen LogP contribution in [-0.2, 0) is 18.3 Å². The molecule has 0 atom stereocenters. The molecule has 2 aromatic heterocycles. The topological polar surface area (TPSA) is 60.2 Å². The first-order chi connectivity index (χ1) is 10.6. The summed E-state index contributed by atoms with van der Waals surface area (Å²) in [6.07, 6.45) is 4.53. The normalized spacial score (nSPS) is 13.7. The average molecular weight is 300 g/mol. The van der Waals surface area contributed by atoms with Crippen LogP contribution in [0, 0.1) is 13.8 Å². The summed E-state index contributed by atoms with van der Waals surface area (Å²) in [5, 5.41) is 4.40. The van der Waals surface area contributed by atoms with E-state index >= 15 is 0 Å². The van der Waals surface area contributed by atoms with Gasteiger partial charge in [0.25, 0.3) is 0 Å². The van der Waals surface area contributed by atoms with Crippen molar-refractivity contribution in [3.8, 4) is 5.75 Å². The summed E-state index contributed by atoms with van der Waals surface area (Å²) in [5.41, 5.74) is 4.04. The van der Waals surface area contributed by atoms with Crippen LogP contribution in [0.2, 0.25) is 0 Å². The van der Waals surface area contributed by atoms with E-state index in [1.54, 1.807) is 23.4 Å². The van der Waals surface area contributed by atoms with Crippen molar-refractivity contribution < 1.29 is 9.53 Å². The first-order valence-electron chi connectivity index (χ1n) is 7.44. The van der Waals surface area contributed by atoms with E-state index in [1.807, 2.05) is 25.6 Å². The van der Waals surface area contributed by atoms with Crippen LogP contribution in [0.4, 0.5) is 5.69 Å². The number of aromatic nitrogens is 3. The molecule has 6 heteroatoms. The van der Waals surface area contributed by atoms with Crippen LogP contribution >= 0.6 is 0 Å². The number of fused-ring (bicyclic) bond motifs is 1. The molecule has 0 saturated heterocycles. The number of pyridine rings is 1. The van der Waals surface area contributed by atoms with Crippen LogP contribution in [0.3, 0.4) is 0 Å². The van der Waals surface area contributed by atoms with Gasteiger partial charge in [0.05, 0.1) is 18.4 Å². The van der Waals surface area contributed by atoms with Gasteiger partial charge in [-0.1, -0.05) is 0 Å². The Hall–Kier alpha value is -2.37. The Morgan fingerprint density at radius 2 is 2.23 bits per heavy atom. The van der Waals surface area contributed by atoms with Gasteiger partial charge >= 0.3 is 0 Å². The van der Waals surface area contributed by atoms with Crippen molar-refractivity contribution in [3.05, 3.63) is 35.4 Å². The van der Waals surface area contributed by atoms with Gasteiger partial charge in [-0.3, -0.25) is 14.5 Å². The number of hydrogen-bond acceptors (Lipinski definition) is 4. The van der Waals surface area contributed by atoms with E-state index in [0.29, 0.717) is 26.0 Å². The molecule has 0 N–H and O–H groups in total. The minimum Gasteiger partial charge on any atom is -0.489 e. The second kappa shape index (κ2) is 5.79. The summed E-state index contributed by atoms with van der Waals surface area (Å²) in [7, 11) is 1.93. The van der Waals surface area contributed by atoms with Crippen molar-refractivity contribution in [3.63, 3.8) is 0 Å². The van der Waals surface area contributed by atoms with Gasteiger partial charge in [-0.25, -0.2) is 0 Å². The summed E-state index contributed by atoms with van der Waals surface area (Å²) in [4.78, 5) is 18.4. The molecule has 6 nitrogen and oxygen atoms in total. The molecule has 3 heterocycles. The highest BCUT2D eigenvalue weighted by atomic mass is 16.5. The van der Waals surface area contributed by atoms with E-state index in [0.717, 1.165) is 28.4 Å². The summed E-state index contributed by atoms with van der Waals surface area (Å²) >= 11 is 0. The molecule has 0 bridgehead atoms. The maximum absolute atomic E-state index is 12.6. The van der Waals surface area contributed by atoms with Crippen LogP contribution in [0.15, 0.2) is 18.5 Å². The van der Waals surface area contributed by atoms with Crippen molar-refractivity contribution in [2.45, 2.75) is 26.7 Å². The summed E-state index contributed by atoms with van der Waals surface area (Å²) in [5.74, 6) is 0.823. The quantitative estimate of drug-likeness (QED) is 0.867. The molecule has 0 unspecified atom stereocenters. The zero-order chi connectivity index (χ0) is 15.7. The molecule has 1 aliphatic rings. The molecule has 0 fully saturated rings. The minimum atomic E-state index is 0.0974. The molecule has 116 valence electrons. The Balaban J connectivity index is 1.73. The number of ether oxygens (including phenoxy) is 1. The molecule has 1 aliphatic heterocycles. The van der Waals surface area contributed by atoms with Crippen LogP contribution in [0.5, 0.6) is 5.75 Å². The summed E-state index contributed by atoms with van der Waals surface area (Å²) < 4.78 is 7.43. The highest BCUT2D eigenvalue weighted by Gasteiger charge is 2.24. The molecule has 0 spiro atoms. The number of amides is 1. The van der Waals surface area contributed by atoms with Crippen molar-refractivity contribution in [1.29, 1.82) is 0 Å². The largest absolute Gasteiger partial charge is 0.489 e. The van der Waals surface area contributed by atoms with Gasteiger partial charge < -0.3 is 9.64 Å². The Kier molecular flexibility index (Phi) is 3.83. The molecular formula is C16H20N4O2. The third kappa shape index (κ3) is 2.56. The summed E-state index contributed by atoms with van der Waals surface area (Å²) in [6, 6.07) is 1.80. The Labute approximate surface area is 129 Å². The monoisotopic (exact) mass is 300 g/mol. The van der Waals surface area contributed by atoms with E-state index in [1.165, 1.54) is 0 Å². The van der Waals surface area contributed by atoms with Crippen molar-refractivity contribution in [1.82, 2.24) is 14.8 Å². The van der Waals surface area contributed by atoms with Gasteiger partial charge in [0.15, 0.2) is 0 Å². The van der Waals surface area contributed by atoms with Gasteiger partial charge in [-0.05, 0) is 25.8 Å². The highest BCUT2D eigenvalue weighted by Crippen LogP contribution is 2.30. The van der Waals surface area contributed by atoms with Gasteiger partial charge in [0.1, 0.15) is 18.0 Å². The number of carbonyl (C=O) groups excluding carboxylic acids is 1. The number of anilines is 1. The fraction of sp³-hybridized carbons (Fsp3) is 0.438. The van der Waals surface area contributed by atoms with E-state index < -0.39 is 0 Å². The van der Waals surface area contributed by atoms with Crippen molar-refractivity contribution in [2.75, 3.05) is 18.1 Å². The number of hydrogen-bond donors (Lipinski definition) is 0. The third-order valence-corrected chi connectivity index (χ3v) is 4.17. The molecule has 0 aromatic carbocycles. The smallest absolute Gasteiger partial charge is 0.227 e. The van der Waals surface area contributed by atoms with E-state index in [4.69, 9.17) is 4.74 Å². The maximum atomic E-state index is 12.6. The van der Waals surface area contributed by atoms with Gasteiger partial charge in [-0.15, -0.1) is 0 Å². The Morgan fingerprint density at radius 3 is 2.95 bits per heavy atom. The van der Waals surface area contributed by atoms with Crippen LogP contribution in [-0.4, -0.2) is 33.8 Å². The molecule has 0 aliphatic carbocycles. The Morgan fingerprint density at radius 1 is 1.41 bits per heavy atom. The van der Waals surface area contributed by atoms with Crippen LogP contribution in [0.1, 0.15) is 23.4 Å². The average Bonchev–Trinajstić information content (AvgIpc) is 2.77. The van der Waals surface area contributed by atoms with Crippen LogP contribution in [0.25, 0.3) is 0 Å². The van der Waals surface area contributed by atoms with Crippen molar-refractivity contribution in [2.24, 2.45) is 7.05 Å². The van der Waals surface area contributed by atoms with E-state index in [-0.39, 0.29) is 5.91 Å². The lowest BCUT2D eigenvalue weighted by Crippen LogP contribution is -2.38. The third-order valence-electron chi connectivity index (χ3n) is 4.17. The predicted molar refractivity (Wildman–Crippen MR) is 83.1 cm³/mol. The fourth-order valence-electron chi connectivity index (χ4n) is 2.87. The number of rotatable bonds is 3. The molecular weight excluding hydrogens is 280 g/mol. The lowest BCUT2D eigenvalue weighted by atomic mass is 10.1. The lowest BCUT2D eigenvalue weighted by molar-refractivity contribution is -0.118. The standard InChI is InChI=1S/C16H20N4O2/c1-11-13(12(2)19(3)18-11)4-5-16(21)20-8-9-22-15-6-7-17-10-14(15)20/h6-7,10H,4-5,8-9H2,1-3H3. The Bertz CT molecular complexity index is 708. The van der Waals surface area contributed by atoms with Gasteiger partial charge in [0.2, 0.25) is 5.91 Å². The molecule has 0 radical (unpaired) electrons. The number of nitrogens with zero attached hydrogens (tertiary/aromatic N) is 4. The lowest BCUT2D eigenvalue weighted by Gasteiger charge is -2.29. The first kappa shape index (κ1) is 14.6. The SMILES string of the molecule is Cc1nn(C)c(C)c1CCC(=O)N1CCOc2ccncc21. The number of aryl methyl sites for hydroxylation is 2. The highest BCUT2D eigenvalue weighted by molar-refractivity contribution is 5.95. The predicted octanol–water partition coefficient (Wildman–Crippen LogP) is 1.79. The zero-order valence-corrected chi connectivity index (χ0v) is 13.2. The maximum Gasteiger partial charge on any atom is 0.227 e. The number of carbonyl (C=O) groups is 1. The molecule has 2 aromatic rings. The van der Waals surface area contributed by atoms with E-state index in [2.05, 4.69) is 10.1 Å². The van der Waals surface area contributed by atoms with E-state index in [9.17, 15) is 4.79 Å². The van der Waals surface area contributed by atoms with Crippen molar-refractivity contribution >= 4 is 11.6 Å². The zero-order valence-electron chi connectivity index (χ0n) is 13.2. The van der Waals surface area contributed by atoms with Gasteiger partial charge in [0, 0.05) is 31.4 Å².